The molecule has 0 unspecified atom stereocenters. The Kier molecular flexibility index (Phi) is 4.37. The summed E-state index contributed by atoms with van der Waals surface area (Å²) in [6.07, 6.45) is 1.17. The highest BCUT2D eigenvalue weighted by Crippen LogP contribution is 2.24. The lowest BCUT2D eigenvalue weighted by atomic mass is 10.1. The highest BCUT2D eigenvalue weighted by atomic mass is 32.2. The molecular formula is C18H16N2O5S. The number of hydrogen-bond donors (Lipinski definition) is 1. The lowest BCUT2D eigenvalue weighted by Crippen LogP contribution is -2.24. The summed E-state index contributed by atoms with van der Waals surface area (Å²) in [7, 11) is -1.87. The zero-order chi connectivity index (χ0) is 19.1. The number of benzene rings is 2. The average Bonchev–Trinajstić information content (AvgIpc) is 2.79. The van der Waals surface area contributed by atoms with Crippen LogP contribution in [0.3, 0.4) is 0 Å². The predicted octanol–water partition coefficient (Wildman–Crippen LogP) is 1.50. The second-order valence-corrected chi connectivity index (χ2v) is 8.09. The van der Waals surface area contributed by atoms with E-state index in [0.717, 1.165) is 11.2 Å². The number of nitrogens with one attached hydrogen (secondary N) is 1. The third kappa shape index (κ3) is 3.36. The number of fused-ring (bicyclic) bond motifs is 1. The van der Waals surface area contributed by atoms with Gasteiger partial charge in [-0.3, -0.25) is 19.3 Å². The third-order valence-corrected chi connectivity index (χ3v) is 5.22. The summed E-state index contributed by atoms with van der Waals surface area (Å²) in [5, 5.41) is 2.68. The zero-order valence-electron chi connectivity index (χ0n) is 14.1. The van der Waals surface area contributed by atoms with Gasteiger partial charge in [-0.15, -0.1) is 0 Å². The van der Waals surface area contributed by atoms with E-state index in [9.17, 15) is 22.8 Å². The summed E-state index contributed by atoms with van der Waals surface area (Å²) >= 11 is 0. The fourth-order valence-electron chi connectivity index (χ4n) is 2.68. The number of carbonyl (C=O) groups excluding carboxylic acids is 3. The van der Waals surface area contributed by atoms with Gasteiger partial charge in [0.05, 0.1) is 22.4 Å². The normalized spacial score (nSPS) is 13.7. The molecule has 0 spiro atoms. The van der Waals surface area contributed by atoms with Gasteiger partial charge in [0.15, 0.2) is 9.84 Å². The first-order valence-electron chi connectivity index (χ1n) is 7.72. The van der Waals surface area contributed by atoms with E-state index in [4.69, 9.17) is 0 Å². The van der Waals surface area contributed by atoms with E-state index in [0.29, 0.717) is 16.8 Å². The van der Waals surface area contributed by atoms with Gasteiger partial charge in [0.1, 0.15) is 0 Å². The molecule has 26 heavy (non-hydrogen) atoms. The minimum Gasteiger partial charge on any atom is -0.326 e. The number of hydrogen-bond acceptors (Lipinski definition) is 5. The van der Waals surface area contributed by atoms with E-state index >= 15 is 0 Å². The Hall–Kier alpha value is -3.00. The summed E-state index contributed by atoms with van der Waals surface area (Å²) in [5.41, 5.74) is 1.64. The van der Waals surface area contributed by atoms with Crippen LogP contribution in [0.5, 0.6) is 0 Å². The van der Waals surface area contributed by atoms with E-state index in [-0.39, 0.29) is 28.7 Å². The molecule has 1 N–H and O–H groups in total. The van der Waals surface area contributed by atoms with Crippen LogP contribution in [0.15, 0.2) is 47.4 Å². The molecule has 2 aromatic carbocycles. The Morgan fingerprint density at radius 1 is 1.00 bits per heavy atom. The molecule has 1 aliphatic rings. The number of rotatable bonds is 4. The van der Waals surface area contributed by atoms with Crippen molar-refractivity contribution < 1.29 is 22.8 Å². The molecule has 134 valence electrons. The van der Waals surface area contributed by atoms with Gasteiger partial charge in [0.25, 0.3) is 11.8 Å². The smallest absolute Gasteiger partial charge is 0.261 e. The van der Waals surface area contributed by atoms with E-state index in [1.807, 2.05) is 0 Å². The molecular weight excluding hydrogens is 356 g/mol. The summed E-state index contributed by atoms with van der Waals surface area (Å²) < 4.78 is 22.9. The molecule has 0 saturated carbocycles. The van der Waals surface area contributed by atoms with Crippen LogP contribution in [0, 0.1) is 0 Å². The molecule has 1 aliphatic heterocycles. The van der Waals surface area contributed by atoms with Crippen LogP contribution < -0.4 is 5.32 Å². The maximum absolute atomic E-state index is 12.2. The molecule has 0 aromatic heterocycles. The van der Waals surface area contributed by atoms with E-state index in [2.05, 4.69) is 5.32 Å². The molecule has 8 heteroatoms. The van der Waals surface area contributed by atoms with Gasteiger partial charge in [-0.2, -0.15) is 0 Å². The van der Waals surface area contributed by atoms with Crippen molar-refractivity contribution in [1.82, 2.24) is 4.90 Å². The third-order valence-electron chi connectivity index (χ3n) is 4.09. The number of anilines is 1. The number of carbonyl (C=O) groups is 3. The summed E-state index contributed by atoms with van der Waals surface area (Å²) in [6, 6.07) is 10.6. The lowest BCUT2D eigenvalue weighted by molar-refractivity contribution is -0.115. The number of sulfone groups is 1. The first kappa shape index (κ1) is 17.8. The SMILES string of the molecule is CN1C(=O)c2ccc(NC(=O)Cc3ccc(S(C)(=O)=O)cc3)cc2C1=O. The standard InChI is InChI=1S/C18H16N2O5S/c1-20-17(22)14-8-5-12(10-15(14)18(20)23)19-16(21)9-11-3-6-13(7-4-11)26(2,24)25/h3-8,10H,9H2,1-2H3,(H,19,21). The van der Waals surface area contributed by atoms with Gasteiger partial charge in [0.2, 0.25) is 5.91 Å². The molecule has 0 bridgehead atoms. The van der Waals surface area contributed by atoms with Crippen molar-refractivity contribution >= 4 is 33.2 Å². The second kappa shape index (κ2) is 6.38. The second-order valence-electron chi connectivity index (χ2n) is 6.07. The van der Waals surface area contributed by atoms with Crippen molar-refractivity contribution in [3.05, 3.63) is 59.2 Å². The Labute approximate surface area is 150 Å². The fourth-order valence-corrected chi connectivity index (χ4v) is 3.31. The van der Waals surface area contributed by atoms with Crippen LogP contribution in [0.2, 0.25) is 0 Å². The van der Waals surface area contributed by atoms with Crippen LogP contribution in [0.1, 0.15) is 26.3 Å². The molecule has 0 saturated heterocycles. The van der Waals surface area contributed by atoms with Crippen LogP contribution in [-0.2, 0) is 21.1 Å². The van der Waals surface area contributed by atoms with Crippen molar-refractivity contribution in [3.63, 3.8) is 0 Å². The largest absolute Gasteiger partial charge is 0.326 e. The highest BCUT2D eigenvalue weighted by Gasteiger charge is 2.32. The Morgan fingerprint density at radius 3 is 2.23 bits per heavy atom. The molecule has 3 amide bonds. The highest BCUT2D eigenvalue weighted by molar-refractivity contribution is 7.90. The van der Waals surface area contributed by atoms with Gasteiger partial charge >= 0.3 is 0 Å². The van der Waals surface area contributed by atoms with Crippen molar-refractivity contribution in [2.75, 3.05) is 18.6 Å². The van der Waals surface area contributed by atoms with E-state index < -0.39 is 15.7 Å². The Balaban J connectivity index is 1.72. The predicted molar refractivity (Wildman–Crippen MR) is 94.8 cm³/mol. The van der Waals surface area contributed by atoms with Crippen molar-refractivity contribution in [2.24, 2.45) is 0 Å². The van der Waals surface area contributed by atoms with Gasteiger partial charge in [-0.05, 0) is 35.9 Å². The van der Waals surface area contributed by atoms with Crippen molar-refractivity contribution in [1.29, 1.82) is 0 Å². The van der Waals surface area contributed by atoms with Gasteiger partial charge in [-0.1, -0.05) is 12.1 Å². The molecule has 2 aromatic rings. The van der Waals surface area contributed by atoms with E-state index in [1.54, 1.807) is 18.2 Å². The topological polar surface area (TPSA) is 101 Å². The first-order valence-corrected chi connectivity index (χ1v) is 9.61. The van der Waals surface area contributed by atoms with Crippen LogP contribution in [0.25, 0.3) is 0 Å². The Morgan fingerprint density at radius 2 is 1.62 bits per heavy atom. The number of amides is 3. The summed E-state index contributed by atoms with van der Waals surface area (Å²) in [5.74, 6) is -1.09. The molecule has 0 atom stereocenters. The summed E-state index contributed by atoms with van der Waals surface area (Å²) in [6.45, 7) is 0. The number of imide groups is 1. The molecule has 3 rings (SSSR count). The van der Waals surface area contributed by atoms with Gasteiger partial charge < -0.3 is 5.32 Å². The first-order chi connectivity index (χ1) is 12.2. The van der Waals surface area contributed by atoms with Gasteiger partial charge in [-0.25, -0.2) is 8.42 Å². The van der Waals surface area contributed by atoms with Crippen molar-refractivity contribution in [3.8, 4) is 0 Å². The quantitative estimate of drug-likeness (QED) is 0.820. The minimum absolute atomic E-state index is 0.0495. The van der Waals surface area contributed by atoms with Gasteiger partial charge in [0, 0.05) is 19.0 Å². The number of nitrogens with zero attached hydrogens (tertiary/aromatic N) is 1. The summed E-state index contributed by atoms with van der Waals surface area (Å²) in [4.78, 5) is 37.2. The fraction of sp³-hybridized carbons (Fsp3) is 0.167. The molecule has 0 radical (unpaired) electrons. The maximum Gasteiger partial charge on any atom is 0.261 e. The van der Waals surface area contributed by atoms with E-state index in [1.165, 1.54) is 31.3 Å². The van der Waals surface area contributed by atoms with Crippen LogP contribution in [0.4, 0.5) is 5.69 Å². The average molecular weight is 372 g/mol. The van der Waals surface area contributed by atoms with Crippen molar-refractivity contribution in [2.45, 2.75) is 11.3 Å². The monoisotopic (exact) mass is 372 g/mol. The molecule has 0 aliphatic carbocycles. The van der Waals surface area contributed by atoms with Crippen LogP contribution >= 0.6 is 0 Å². The Bertz CT molecular complexity index is 1030. The molecule has 1 heterocycles. The van der Waals surface area contributed by atoms with Crippen LogP contribution in [-0.4, -0.2) is 44.3 Å². The zero-order valence-corrected chi connectivity index (χ0v) is 15.0. The lowest BCUT2D eigenvalue weighted by Gasteiger charge is -2.07. The molecule has 0 fully saturated rings. The maximum atomic E-state index is 12.2. The molecule has 7 nitrogen and oxygen atoms in total. The minimum atomic E-state index is -3.28.